The SMILES string of the molecule is CC1OC(=O)C2=C1N1CCc3ccccc3C1CC21SCC(C2CN3C4=C(C(=O)CC(C)(C)C4)C4(CC3c3ccccc32)SCCS4)S1. The second-order valence-corrected chi connectivity index (χ2v) is 21.9. The van der Waals surface area contributed by atoms with Gasteiger partial charge in [0, 0.05) is 72.0 Å². The number of hydrogen-bond donors (Lipinski definition) is 0. The van der Waals surface area contributed by atoms with Crippen molar-refractivity contribution in [3.63, 3.8) is 0 Å². The van der Waals surface area contributed by atoms with Crippen molar-refractivity contribution in [1.82, 2.24) is 9.80 Å². The maximum absolute atomic E-state index is 14.1. The van der Waals surface area contributed by atoms with Crippen LogP contribution in [0.15, 0.2) is 71.1 Å². The highest BCUT2D eigenvalue weighted by Gasteiger charge is 2.61. The predicted octanol–water partition coefficient (Wildman–Crippen LogP) is 8.10. The molecule has 8 aliphatic rings. The van der Waals surface area contributed by atoms with Crippen molar-refractivity contribution in [3.05, 3.63) is 93.3 Å². The second-order valence-electron chi connectivity index (χ2n) is 15.7. The number of ether oxygens (including phenoxy) is 1. The van der Waals surface area contributed by atoms with Crippen LogP contribution in [0.25, 0.3) is 0 Å². The van der Waals surface area contributed by atoms with Gasteiger partial charge in [-0.1, -0.05) is 62.4 Å². The Kier molecular flexibility index (Phi) is 6.93. The predicted molar refractivity (Wildman–Crippen MR) is 199 cm³/mol. The van der Waals surface area contributed by atoms with Crippen LogP contribution in [-0.4, -0.2) is 71.4 Å². The fourth-order valence-corrected chi connectivity index (χ4v) is 17.9. The first kappa shape index (κ1) is 30.8. The zero-order valence-corrected chi connectivity index (χ0v) is 31.1. The maximum Gasteiger partial charge on any atom is 0.338 e. The number of cyclic esters (lactones) is 1. The van der Waals surface area contributed by atoms with Gasteiger partial charge in [0.15, 0.2) is 5.78 Å². The van der Waals surface area contributed by atoms with Crippen LogP contribution in [0.1, 0.15) is 86.7 Å². The number of fused-ring (bicyclic) bond motifs is 10. The summed E-state index contributed by atoms with van der Waals surface area (Å²) in [5.41, 5.74) is 10.3. The van der Waals surface area contributed by atoms with E-state index in [-0.39, 0.29) is 31.7 Å². The Labute approximate surface area is 300 Å². The van der Waals surface area contributed by atoms with Gasteiger partial charge in [0.05, 0.1) is 31.5 Å². The van der Waals surface area contributed by atoms with Gasteiger partial charge >= 0.3 is 5.97 Å². The van der Waals surface area contributed by atoms with Crippen molar-refractivity contribution < 1.29 is 14.3 Å². The number of nitrogens with zero attached hydrogens (tertiary/aromatic N) is 2. The van der Waals surface area contributed by atoms with Crippen LogP contribution in [-0.2, 0) is 20.7 Å². The van der Waals surface area contributed by atoms with Gasteiger partial charge < -0.3 is 14.5 Å². The van der Waals surface area contributed by atoms with E-state index in [0.717, 1.165) is 72.9 Å². The molecule has 0 bridgehead atoms. The third kappa shape index (κ3) is 4.35. The minimum Gasteiger partial charge on any atom is -0.453 e. The van der Waals surface area contributed by atoms with Crippen LogP contribution in [0.2, 0.25) is 0 Å². The molecule has 2 aromatic carbocycles. The molecule has 0 aromatic heterocycles. The minimum absolute atomic E-state index is 0.0337. The van der Waals surface area contributed by atoms with E-state index in [9.17, 15) is 9.59 Å². The zero-order valence-electron chi connectivity index (χ0n) is 27.8. The summed E-state index contributed by atoms with van der Waals surface area (Å²) in [6.45, 7) is 8.51. The topological polar surface area (TPSA) is 49.9 Å². The molecule has 0 radical (unpaired) electrons. The highest BCUT2D eigenvalue weighted by atomic mass is 32.2. The zero-order chi connectivity index (χ0) is 32.6. The van der Waals surface area contributed by atoms with E-state index in [1.165, 1.54) is 28.0 Å². The Hall–Kier alpha value is -1.94. The lowest BCUT2D eigenvalue weighted by Crippen LogP contribution is -2.51. The van der Waals surface area contributed by atoms with Crippen LogP contribution < -0.4 is 0 Å². The summed E-state index contributed by atoms with van der Waals surface area (Å²) in [7, 11) is 0. The van der Waals surface area contributed by atoms with Crippen LogP contribution in [0.4, 0.5) is 0 Å². The van der Waals surface area contributed by atoms with Gasteiger partial charge in [-0.25, -0.2) is 4.79 Å². The Morgan fingerprint density at radius 3 is 2.33 bits per heavy atom. The third-order valence-corrected chi connectivity index (χ3v) is 19.5. The molecule has 0 amide bonds. The van der Waals surface area contributed by atoms with Crippen molar-refractivity contribution in [2.75, 3.05) is 30.3 Å². The van der Waals surface area contributed by atoms with E-state index in [4.69, 9.17) is 4.74 Å². The van der Waals surface area contributed by atoms with Gasteiger partial charge in [0.25, 0.3) is 0 Å². The highest BCUT2D eigenvalue weighted by Crippen LogP contribution is 2.67. The van der Waals surface area contributed by atoms with Crippen LogP contribution in [0, 0.1) is 5.41 Å². The number of hydrogen-bond acceptors (Lipinski definition) is 9. The molecule has 10 rings (SSSR count). The normalized spacial score (nSPS) is 35.7. The number of rotatable bonds is 1. The fraction of sp³-hybridized carbons (Fsp3) is 0.538. The molecule has 2 saturated heterocycles. The van der Waals surface area contributed by atoms with E-state index in [1.807, 2.05) is 35.3 Å². The number of carbonyl (C=O) groups excluding carboxylic acids is 2. The Morgan fingerprint density at radius 1 is 0.812 bits per heavy atom. The molecular formula is C39H42N2O3S4. The van der Waals surface area contributed by atoms with Crippen LogP contribution >= 0.6 is 47.0 Å². The lowest BCUT2D eigenvalue weighted by Gasteiger charge is -2.55. The molecule has 9 heteroatoms. The number of allylic oxidation sites excluding steroid dienone is 1. The Morgan fingerprint density at radius 2 is 1.52 bits per heavy atom. The first-order chi connectivity index (χ1) is 23.2. The third-order valence-electron chi connectivity index (χ3n) is 12.3. The molecule has 2 fully saturated rings. The number of ketones is 1. The van der Waals surface area contributed by atoms with Gasteiger partial charge in [-0.15, -0.1) is 47.0 Å². The van der Waals surface area contributed by atoms with Crippen molar-refractivity contribution in [3.8, 4) is 0 Å². The Bertz CT molecular complexity index is 1830. The summed E-state index contributed by atoms with van der Waals surface area (Å²) >= 11 is 8.15. The summed E-state index contributed by atoms with van der Waals surface area (Å²) in [4.78, 5) is 33.0. The number of Topliss-reactive ketones (excluding diaryl/α,β-unsaturated/α-hetero) is 1. The average Bonchev–Trinajstić information content (AvgIpc) is 3.78. The summed E-state index contributed by atoms with van der Waals surface area (Å²) < 4.78 is 5.61. The average molecular weight is 715 g/mol. The summed E-state index contributed by atoms with van der Waals surface area (Å²) in [6, 6.07) is 18.7. The molecule has 1 aliphatic carbocycles. The van der Waals surface area contributed by atoms with E-state index >= 15 is 0 Å². The van der Waals surface area contributed by atoms with Crippen molar-refractivity contribution in [2.45, 2.75) is 90.4 Å². The first-order valence-corrected chi connectivity index (χ1v) is 21.5. The van der Waals surface area contributed by atoms with Gasteiger partial charge in [0.1, 0.15) is 6.10 Å². The molecule has 7 heterocycles. The molecule has 0 N–H and O–H groups in total. The molecule has 48 heavy (non-hydrogen) atoms. The molecule has 250 valence electrons. The van der Waals surface area contributed by atoms with Gasteiger partial charge in [-0.3, -0.25) is 4.79 Å². The van der Waals surface area contributed by atoms with Gasteiger partial charge in [0.2, 0.25) is 0 Å². The quantitative estimate of drug-likeness (QED) is 0.273. The minimum atomic E-state index is -0.324. The van der Waals surface area contributed by atoms with Crippen molar-refractivity contribution in [2.24, 2.45) is 5.41 Å². The molecule has 2 spiro atoms. The molecule has 7 aliphatic heterocycles. The molecule has 6 unspecified atom stereocenters. The molecule has 6 atom stereocenters. The molecule has 5 nitrogen and oxygen atoms in total. The van der Waals surface area contributed by atoms with Gasteiger partial charge in [-0.2, -0.15) is 0 Å². The fourth-order valence-electron chi connectivity index (χ4n) is 10.4. The summed E-state index contributed by atoms with van der Waals surface area (Å²) in [6.07, 6.45) is 4.34. The lowest BCUT2D eigenvalue weighted by molar-refractivity contribution is -0.139. The van der Waals surface area contributed by atoms with Gasteiger partial charge in [-0.05, 0) is 47.4 Å². The van der Waals surface area contributed by atoms with E-state index < -0.39 is 0 Å². The monoisotopic (exact) mass is 714 g/mol. The number of esters is 1. The van der Waals surface area contributed by atoms with Crippen LogP contribution in [0.3, 0.4) is 0 Å². The molecular weight excluding hydrogens is 673 g/mol. The van der Waals surface area contributed by atoms with Crippen molar-refractivity contribution >= 4 is 58.8 Å². The molecule has 2 aromatic rings. The number of carbonyl (C=O) groups is 2. The van der Waals surface area contributed by atoms with E-state index in [0.29, 0.717) is 29.4 Å². The lowest BCUT2D eigenvalue weighted by atomic mass is 9.70. The summed E-state index contributed by atoms with van der Waals surface area (Å²) in [5.74, 6) is 3.83. The highest BCUT2D eigenvalue weighted by molar-refractivity contribution is 8.22. The largest absolute Gasteiger partial charge is 0.453 e. The number of thioether (sulfide) groups is 4. The second kappa shape index (κ2) is 10.8. The smallest absolute Gasteiger partial charge is 0.338 e. The van der Waals surface area contributed by atoms with E-state index in [1.54, 1.807) is 0 Å². The van der Waals surface area contributed by atoms with E-state index in [2.05, 4.69) is 90.9 Å². The van der Waals surface area contributed by atoms with Crippen LogP contribution in [0.5, 0.6) is 0 Å². The Balaban J connectivity index is 1.06. The maximum atomic E-state index is 14.1. The summed E-state index contributed by atoms with van der Waals surface area (Å²) in [5, 5.41) is 0.349. The molecule has 0 saturated carbocycles. The van der Waals surface area contributed by atoms with Crippen molar-refractivity contribution in [1.29, 1.82) is 0 Å². The first-order valence-electron chi connectivity index (χ1n) is 17.7. The standard InChI is InChI=1S/C39H42N2O3S4/c1-22-35-34(36(43)44-22)39(18-28-24-9-5-4-8-23(24)12-13-40(28)35)47-21-32(48-39)27-20-41-29(26-11-7-6-10-25(26)27)17-38(45-14-15-46-38)33-30(41)16-37(2,3)19-31(33)42/h4-11,22,27-29,32H,12-21H2,1-3H3. The number of benzene rings is 2.